The average molecular weight is 292 g/mol. The fraction of sp³-hybridized carbons (Fsp3) is 0.857. The van der Waals surface area contributed by atoms with E-state index in [0.29, 0.717) is 0 Å². The molecule has 0 amide bonds. The molecule has 19 heavy (non-hydrogen) atoms. The molecule has 0 aliphatic carbocycles. The molecule has 0 heterocycles. The fourth-order valence-corrected chi connectivity index (χ4v) is 2.41. The molecule has 0 N–H and O–H groups in total. The maximum atomic E-state index is 11.0. The van der Waals surface area contributed by atoms with Gasteiger partial charge in [-0.3, -0.25) is 0 Å². The van der Waals surface area contributed by atoms with Gasteiger partial charge in [0.25, 0.3) is 0 Å². The van der Waals surface area contributed by atoms with E-state index in [9.17, 15) is 8.42 Å². The Hall–Kier alpha value is -0.550. The molecule has 4 nitrogen and oxygen atoms in total. The largest absolute Gasteiger partial charge is 0.448 e. The third-order valence-electron chi connectivity index (χ3n) is 2.91. The molecule has 114 valence electrons. The van der Waals surface area contributed by atoms with Crippen molar-refractivity contribution in [3.63, 3.8) is 0 Å². The van der Waals surface area contributed by atoms with Crippen molar-refractivity contribution >= 4 is 10.4 Å². The predicted octanol–water partition coefficient (Wildman–Crippen LogP) is 4.33. The molecular weight excluding hydrogens is 264 g/mol. The zero-order valence-electron chi connectivity index (χ0n) is 12.1. The number of rotatable bonds is 14. The summed E-state index contributed by atoms with van der Waals surface area (Å²) in [5.41, 5.74) is 0. The predicted molar refractivity (Wildman–Crippen MR) is 78.0 cm³/mol. The molecule has 0 saturated carbocycles. The van der Waals surface area contributed by atoms with Crippen LogP contribution in [0.4, 0.5) is 0 Å². The second kappa shape index (κ2) is 12.5. The summed E-state index contributed by atoms with van der Waals surface area (Å²) in [7, 11) is -3.86. The van der Waals surface area contributed by atoms with Gasteiger partial charge in [-0.25, -0.2) is 4.18 Å². The minimum Gasteiger partial charge on any atom is -0.370 e. The van der Waals surface area contributed by atoms with Gasteiger partial charge in [-0.05, 0) is 6.42 Å². The van der Waals surface area contributed by atoms with Crippen LogP contribution < -0.4 is 0 Å². The van der Waals surface area contributed by atoms with Crippen LogP contribution in [0.15, 0.2) is 12.8 Å². The van der Waals surface area contributed by atoms with Gasteiger partial charge < -0.3 is 4.18 Å². The molecule has 5 heteroatoms. The molecule has 0 aromatic heterocycles. The molecule has 0 atom stereocenters. The first-order chi connectivity index (χ1) is 9.12. The highest BCUT2D eigenvalue weighted by Gasteiger charge is 2.08. The van der Waals surface area contributed by atoms with Crippen molar-refractivity contribution in [3.8, 4) is 0 Å². The van der Waals surface area contributed by atoms with Crippen molar-refractivity contribution in [1.29, 1.82) is 0 Å². The molecule has 0 aliphatic heterocycles. The number of hydrogen-bond donors (Lipinski definition) is 0. The highest BCUT2D eigenvalue weighted by molar-refractivity contribution is 7.81. The van der Waals surface area contributed by atoms with Crippen LogP contribution in [-0.2, 0) is 18.8 Å². The zero-order chi connectivity index (χ0) is 14.4. The van der Waals surface area contributed by atoms with Crippen molar-refractivity contribution < 1.29 is 16.8 Å². The number of hydrogen-bond acceptors (Lipinski definition) is 4. The van der Waals surface area contributed by atoms with E-state index in [2.05, 4.69) is 21.9 Å². The van der Waals surface area contributed by atoms with Crippen molar-refractivity contribution in [2.45, 2.75) is 71.1 Å². The first-order valence-corrected chi connectivity index (χ1v) is 8.64. The van der Waals surface area contributed by atoms with Gasteiger partial charge in [0.05, 0.1) is 6.61 Å². The molecule has 0 fully saturated rings. The van der Waals surface area contributed by atoms with E-state index in [4.69, 9.17) is 0 Å². The van der Waals surface area contributed by atoms with Crippen LogP contribution in [0.3, 0.4) is 0 Å². The summed E-state index contributed by atoms with van der Waals surface area (Å²) in [6.45, 7) is 5.58. The lowest BCUT2D eigenvalue weighted by atomic mass is 10.1. The Morgan fingerprint density at radius 3 is 1.84 bits per heavy atom. The van der Waals surface area contributed by atoms with Crippen molar-refractivity contribution in [2.24, 2.45) is 0 Å². The molecule has 0 saturated heterocycles. The van der Waals surface area contributed by atoms with Crippen molar-refractivity contribution in [1.82, 2.24) is 0 Å². The van der Waals surface area contributed by atoms with E-state index in [-0.39, 0.29) is 6.61 Å². The maximum Gasteiger partial charge on any atom is 0.448 e. The van der Waals surface area contributed by atoms with E-state index < -0.39 is 10.4 Å². The molecule has 0 bridgehead atoms. The van der Waals surface area contributed by atoms with Gasteiger partial charge in [0.15, 0.2) is 0 Å². The van der Waals surface area contributed by atoms with Gasteiger partial charge in [0.2, 0.25) is 0 Å². The molecule has 0 radical (unpaired) electrons. The maximum absolute atomic E-state index is 11.0. The summed E-state index contributed by atoms with van der Waals surface area (Å²) >= 11 is 0. The summed E-state index contributed by atoms with van der Waals surface area (Å²) in [4.78, 5) is 0. The van der Waals surface area contributed by atoms with Gasteiger partial charge in [0, 0.05) is 0 Å². The molecule has 0 rings (SSSR count). The SMILES string of the molecule is C=COS(=O)(=O)OCCCCCCCCCCCC. The first kappa shape index (κ1) is 18.4. The standard InChI is InChI=1S/C14H28O4S/c1-3-5-6-7-8-9-10-11-12-13-14-18-19(15,16)17-4-2/h4H,2-3,5-14H2,1H3. The minimum absolute atomic E-state index is 0.187. The van der Waals surface area contributed by atoms with Crippen LogP contribution in [-0.4, -0.2) is 15.0 Å². The van der Waals surface area contributed by atoms with Crippen LogP contribution in [0.25, 0.3) is 0 Å². The van der Waals surface area contributed by atoms with E-state index in [0.717, 1.165) is 25.5 Å². The summed E-state index contributed by atoms with van der Waals surface area (Å²) < 4.78 is 30.8. The molecular formula is C14H28O4S. The van der Waals surface area contributed by atoms with E-state index >= 15 is 0 Å². The minimum atomic E-state index is -3.86. The average Bonchev–Trinajstić information content (AvgIpc) is 2.36. The normalized spacial score (nSPS) is 11.4. The van der Waals surface area contributed by atoms with Crippen LogP contribution >= 0.6 is 0 Å². The number of unbranched alkanes of at least 4 members (excludes halogenated alkanes) is 9. The van der Waals surface area contributed by atoms with Crippen LogP contribution in [0.1, 0.15) is 71.1 Å². The molecule has 0 aromatic carbocycles. The highest BCUT2D eigenvalue weighted by Crippen LogP contribution is 2.10. The summed E-state index contributed by atoms with van der Waals surface area (Å²) in [5.74, 6) is 0. The monoisotopic (exact) mass is 292 g/mol. The lowest BCUT2D eigenvalue weighted by molar-refractivity contribution is 0.252. The van der Waals surface area contributed by atoms with Gasteiger partial charge in [-0.1, -0.05) is 71.3 Å². The Bertz CT molecular complexity index is 299. The lowest BCUT2D eigenvalue weighted by Crippen LogP contribution is -2.07. The summed E-state index contributed by atoms with van der Waals surface area (Å²) in [6.07, 6.45) is 12.9. The Labute approximate surface area is 118 Å². The Morgan fingerprint density at radius 1 is 0.895 bits per heavy atom. The Balaban J connectivity index is 3.21. The molecule has 0 unspecified atom stereocenters. The van der Waals surface area contributed by atoms with Crippen molar-refractivity contribution in [3.05, 3.63) is 12.8 Å². The summed E-state index contributed by atoms with van der Waals surface area (Å²) in [6, 6.07) is 0. The second-order valence-electron chi connectivity index (χ2n) is 4.68. The third-order valence-corrected chi connectivity index (χ3v) is 3.74. The van der Waals surface area contributed by atoms with E-state index in [1.54, 1.807) is 0 Å². The molecule has 0 aromatic rings. The smallest absolute Gasteiger partial charge is 0.370 e. The van der Waals surface area contributed by atoms with Gasteiger partial charge in [-0.2, -0.15) is 8.42 Å². The van der Waals surface area contributed by atoms with E-state index in [1.807, 2.05) is 0 Å². The van der Waals surface area contributed by atoms with Gasteiger partial charge >= 0.3 is 10.4 Å². The zero-order valence-corrected chi connectivity index (χ0v) is 12.9. The lowest BCUT2D eigenvalue weighted by Gasteiger charge is -2.04. The Kier molecular flexibility index (Phi) is 12.1. The van der Waals surface area contributed by atoms with Crippen LogP contribution in [0.5, 0.6) is 0 Å². The third kappa shape index (κ3) is 13.7. The summed E-state index contributed by atoms with van der Waals surface area (Å²) in [5, 5.41) is 0. The van der Waals surface area contributed by atoms with Gasteiger partial charge in [-0.15, -0.1) is 0 Å². The Morgan fingerprint density at radius 2 is 1.37 bits per heavy atom. The fourth-order valence-electron chi connectivity index (χ4n) is 1.86. The highest BCUT2D eigenvalue weighted by atomic mass is 32.3. The second-order valence-corrected chi connectivity index (χ2v) is 5.92. The van der Waals surface area contributed by atoms with Gasteiger partial charge in [0.1, 0.15) is 6.26 Å². The van der Waals surface area contributed by atoms with E-state index in [1.165, 1.54) is 44.9 Å². The molecule has 0 spiro atoms. The van der Waals surface area contributed by atoms with Crippen molar-refractivity contribution in [2.75, 3.05) is 6.61 Å². The molecule has 0 aliphatic rings. The van der Waals surface area contributed by atoms with Crippen LogP contribution in [0, 0.1) is 0 Å². The quantitative estimate of drug-likeness (QED) is 0.353. The topological polar surface area (TPSA) is 52.6 Å². The van der Waals surface area contributed by atoms with Crippen LogP contribution in [0.2, 0.25) is 0 Å². The first-order valence-electron chi connectivity index (χ1n) is 7.31.